The molecule has 2 atom stereocenters. The maximum atomic E-state index is 5.17. The summed E-state index contributed by atoms with van der Waals surface area (Å²) in [5, 5.41) is 3.63. The number of methoxy groups -OCH3 is 1. The van der Waals surface area contributed by atoms with E-state index in [1.807, 2.05) is 12.1 Å². The van der Waals surface area contributed by atoms with E-state index in [4.69, 9.17) is 4.74 Å². The summed E-state index contributed by atoms with van der Waals surface area (Å²) in [6.07, 6.45) is 6.80. The highest BCUT2D eigenvalue weighted by atomic mass is 16.5. The Morgan fingerprint density at radius 3 is 2.58 bits per heavy atom. The molecule has 0 heterocycles. The normalized spacial score (nSPS) is 23.3. The lowest BCUT2D eigenvalue weighted by molar-refractivity contribution is 0.248. The van der Waals surface area contributed by atoms with Gasteiger partial charge in [-0.05, 0) is 55.5 Å². The van der Waals surface area contributed by atoms with Crippen LogP contribution in [0.4, 0.5) is 0 Å². The molecular formula is C17H27NO. The van der Waals surface area contributed by atoms with Gasteiger partial charge in [-0.2, -0.15) is 0 Å². The van der Waals surface area contributed by atoms with E-state index >= 15 is 0 Å². The van der Waals surface area contributed by atoms with Crippen molar-refractivity contribution in [2.24, 2.45) is 11.8 Å². The average Bonchev–Trinajstić information content (AvgIpc) is 2.46. The van der Waals surface area contributed by atoms with Gasteiger partial charge in [-0.25, -0.2) is 0 Å². The molecule has 0 aromatic heterocycles. The minimum absolute atomic E-state index is 0.893. The Labute approximate surface area is 117 Å². The van der Waals surface area contributed by atoms with Crippen LogP contribution in [0.2, 0.25) is 0 Å². The summed E-state index contributed by atoms with van der Waals surface area (Å²) in [6, 6.07) is 8.39. The van der Waals surface area contributed by atoms with Crippen LogP contribution in [0, 0.1) is 11.8 Å². The van der Waals surface area contributed by atoms with Crippen molar-refractivity contribution >= 4 is 0 Å². The molecule has 0 bridgehead atoms. The number of hydrogen-bond acceptors (Lipinski definition) is 2. The summed E-state index contributed by atoms with van der Waals surface area (Å²) in [5.41, 5.74) is 1.38. The van der Waals surface area contributed by atoms with Crippen LogP contribution >= 0.6 is 0 Å². The quantitative estimate of drug-likeness (QED) is 0.789. The molecule has 0 amide bonds. The summed E-state index contributed by atoms with van der Waals surface area (Å²) in [6.45, 7) is 4.68. The zero-order valence-electron chi connectivity index (χ0n) is 12.3. The summed E-state index contributed by atoms with van der Waals surface area (Å²) in [7, 11) is 1.71. The van der Waals surface area contributed by atoms with Gasteiger partial charge >= 0.3 is 0 Å². The molecule has 1 N–H and O–H groups in total. The average molecular weight is 261 g/mol. The monoisotopic (exact) mass is 261 g/mol. The molecular weight excluding hydrogens is 234 g/mol. The first-order valence-corrected chi connectivity index (χ1v) is 7.63. The van der Waals surface area contributed by atoms with Crippen molar-refractivity contribution in [2.45, 2.75) is 39.0 Å². The first kappa shape index (κ1) is 14.4. The molecule has 1 fully saturated rings. The number of benzene rings is 1. The van der Waals surface area contributed by atoms with Gasteiger partial charge in [0.1, 0.15) is 5.75 Å². The Bertz CT molecular complexity index is 360. The highest BCUT2D eigenvalue weighted by Crippen LogP contribution is 2.28. The SMILES string of the molecule is COc1ccc(CCNCC2CCCCC2C)cc1. The van der Waals surface area contributed by atoms with E-state index < -0.39 is 0 Å². The predicted octanol–water partition coefficient (Wildman–Crippen LogP) is 3.65. The van der Waals surface area contributed by atoms with E-state index in [0.29, 0.717) is 0 Å². The van der Waals surface area contributed by atoms with Crippen LogP contribution in [0.5, 0.6) is 5.75 Å². The number of nitrogens with one attached hydrogen (secondary N) is 1. The Morgan fingerprint density at radius 2 is 1.89 bits per heavy atom. The maximum absolute atomic E-state index is 5.17. The van der Waals surface area contributed by atoms with Crippen LogP contribution in [-0.4, -0.2) is 20.2 Å². The Morgan fingerprint density at radius 1 is 1.16 bits per heavy atom. The highest BCUT2D eigenvalue weighted by Gasteiger charge is 2.20. The minimum Gasteiger partial charge on any atom is -0.497 e. The lowest BCUT2D eigenvalue weighted by Gasteiger charge is -2.28. The van der Waals surface area contributed by atoms with E-state index in [2.05, 4.69) is 24.4 Å². The number of ether oxygens (including phenoxy) is 1. The van der Waals surface area contributed by atoms with Crippen LogP contribution in [0.1, 0.15) is 38.2 Å². The second-order valence-electron chi connectivity index (χ2n) is 5.82. The van der Waals surface area contributed by atoms with E-state index in [1.54, 1.807) is 7.11 Å². The molecule has 0 aliphatic heterocycles. The largest absolute Gasteiger partial charge is 0.497 e. The van der Waals surface area contributed by atoms with E-state index in [-0.39, 0.29) is 0 Å². The van der Waals surface area contributed by atoms with Crippen molar-refractivity contribution < 1.29 is 4.74 Å². The molecule has 2 heteroatoms. The van der Waals surface area contributed by atoms with E-state index in [0.717, 1.165) is 30.6 Å². The van der Waals surface area contributed by atoms with Crippen molar-refractivity contribution in [3.05, 3.63) is 29.8 Å². The Hall–Kier alpha value is -1.02. The third-order valence-corrected chi connectivity index (χ3v) is 4.45. The highest BCUT2D eigenvalue weighted by molar-refractivity contribution is 5.27. The maximum Gasteiger partial charge on any atom is 0.118 e. The van der Waals surface area contributed by atoms with Crippen LogP contribution in [0.15, 0.2) is 24.3 Å². The third-order valence-electron chi connectivity index (χ3n) is 4.45. The number of rotatable bonds is 6. The molecule has 1 aliphatic carbocycles. The van der Waals surface area contributed by atoms with Crippen molar-refractivity contribution in [3.8, 4) is 5.75 Å². The van der Waals surface area contributed by atoms with Crippen LogP contribution in [0.25, 0.3) is 0 Å². The third kappa shape index (κ3) is 4.54. The molecule has 0 saturated heterocycles. The van der Waals surface area contributed by atoms with Gasteiger partial charge in [-0.3, -0.25) is 0 Å². The zero-order chi connectivity index (χ0) is 13.5. The standard InChI is InChI=1S/C17H27NO/c1-14-5-3-4-6-16(14)13-18-12-11-15-7-9-17(19-2)10-8-15/h7-10,14,16,18H,3-6,11-13H2,1-2H3. The minimum atomic E-state index is 0.893. The first-order chi connectivity index (χ1) is 9.29. The van der Waals surface area contributed by atoms with Gasteiger partial charge < -0.3 is 10.1 Å². The topological polar surface area (TPSA) is 21.3 Å². The molecule has 1 aliphatic rings. The second-order valence-corrected chi connectivity index (χ2v) is 5.82. The van der Waals surface area contributed by atoms with Gasteiger partial charge in [0.05, 0.1) is 7.11 Å². The second kappa shape index (κ2) is 7.54. The molecule has 1 saturated carbocycles. The van der Waals surface area contributed by atoms with Crippen molar-refractivity contribution in [3.63, 3.8) is 0 Å². The van der Waals surface area contributed by atoms with Gasteiger partial charge in [-0.1, -0.05) is 38.3 Å². The van der Waals surface area contributed by atoms with Crippen LogP contribution < -0.4 is 10.1 Å². The molecule has 2 rings (SSSR count). The lowest BCUT2D eigenvalue weighted by Crippen LogP contribution is -2.30. The molecule has 1 aromatic carbocycles. The summed E-state index contributed by atoms with van der Waals surface area (Å²) in [4.78, 5) is 0. The molecule has 1 aromatic rings. The van der Waals surface area contributed by atoms with Crippen molar-refractivity contribution in [2.75, 3.05) is 20.2 Å². The van der Waals surface area contributed by atoms with Gasteiger partial charge in [-0.15, -0.1) is 0 Å². The van der Waals surface area contributed by atoms with Crippen molar-refractivity contribution in [1.29, 1.82) is 0 Å². The summed E-state index contributed by atoms with van der Waals surface area (Å²) >= 11 is 0. The molecule has 0 spiro atoms. The fraction of sp³-hybridized carbons (Fsp3) is 0.647. The molecule has 2 nitrogen and oxygen atoms in total. The molecule has 2 unspecified atom stereocenters. The first-order valence-electron chi connectivity index (χ1n) is 7.63. The smallest absolute Gasteiger partial charge is 0.118 e. The molecule has 106 valence electrons. The van der Waals surface area contributed by atoms with Crippen LogP contribution in [-0.2, 0) is 6.42 Å². The fourth-order valence-corrected chi connectivity index (χ4v) is 3.01. The Balaban J connectivity index is 1.65. The predicted molar refractivity (Wildman–Crippen MR) is 80.7 cm³/mol. The van der Waals surface area contributed by atoms with Gasteiger partial charge in [0.15, 0.2) is 0 Å². The van der Waals surface area contributed by atoms with E-state index in [9.17, 15) is 0 Å². The van der Waals surface area contributed by atoms with Gasteiger partial charge in [0.25, 0.3) is 0 Å². The summed E-state index contributed by atoms with van der Waals surface area (Å²) in [5.74, 6) is 2.74. The summed E-state index contributed by atoms with van der Waals surface area (Å²) < 4.78 is 5.17. The number of hydrogen-bond donors (Lipinski definition) is 1. The van der Waals surface area contributed by atoms with Gasteiger partial charge in [0.2, 0.25) is 0 Å². The fourth-order valence-electron chi connectivity index (χ4n) is 3.01. The zero-order valence-corrected chi connectivity index (χ0v) is 12.3. The lowest BCUT2D eigenvalue weighted by atomic mass is 9.80. The van der Waals surface area contributed by atoms with Crippen molar-refractivity contribution in [1.82, 2.24) is 5.32 Å². The van der Waals surface area contributed by atoms with E-state index in [1.165, 1.54) is 37.8 Å². The van der Waals surface area contributed by atoms with Gasteiger partial charge in [0, 0.05) is 0 Å². The Kier molecular flexibility index (Phi) is 5.71. The molecule has 0 radical (unpaired) electrons. The molecule has 19 heavy (non-hydrogen) atoms. The van der Waals surface area contributed by atoms with Crippen LogP contribution in [0.3, 0.4) is 0 Å².